The molecule has 152 valence electrons. The average molecular weight is 388 g/mol. The van der Waals surface area contributed by atoms with Gasteiger partial charge in [0.2, 0.25) is 0 Å². The fraction of sp³-hybridized carbons (Fsp3) is 0.333. The molecule has 0 aliphatic rings. The summed E-state index contributed by atoms with van der Waals surface area (Å²) in [5, 5.41) is 11.4. The zero-order valence-electron chi connectivity index (χ0n) is 17.8. The van der Waals surface area contributed by atoms with Crippen LogP contribution >= 0.6 is 0 Å². The molecule has 0 aliphatic carbocycles. The smallest absolute Gasteiger partial charge is 0.0675 e. The van der Waals surface area contributed by atoms with Gasteiger partial charge in [0.05, 0.1) is 6.10 Å². The van der Waals surface area contributed by atoms with Gasteiger partial charge in [-0.05, 0) is 43.5 Å². The Kier molecular flexibility index (Phi) is 7.24. The second-order valence-corrected chi connectivity index (χ2v) is 8.08. The van der Waals surface area contributed by atoms with Gasteiger partial charge in [0, 0.05) is 18.0 Å². The van der Waals surface area contributed by atoms with Crippen LogP contribution < -0.4 is 0 Å². The molecule has 2 nitrogen and oxygen atoms in total. The number of hydrogen-bond donors (Lipinski definition) is 1. The lowest BCUT2D eigenvalue weighted by atomic mass is 9.66. The van der Waals surface area contributed by atoms with E-state index in [0.717, 1.165) is 13.0 Å². The van der Waals surface area contributed by atoms with Crippen LogP contribution in [-0.2, 0) is 12.0 Å². The summed E-state index contributed by atoms with van der Waals surface area (Å²) in [4.78, 5) is 2.39. The van der Waals surface area contributed by atoms with Gasteiger partial charge in [0.1, 0.15) is 0 Å². The summed E-state index contributed by atoms with van der Waals surface area (Å²) in [7, 11) is 2.18. The summed E-state index contributed by atoms with van der Waals surface area (Å²) < 4.78 is 0. The topological polar surface area (TPSA) is 23.5 Å². The summed E-state index contributed by atoms with van der Waals surface area (Å²) in [6.45, 7) is 5.24. The third-order valence-corrected chi connectivity index (χ3v) is 6.18. The van der Waals surface area contributed by atoms with E-state index in [1.54, 1.807) is 0 Å². The monoisotopic (exact) mass is 387 g/mol. The van der Waals surface area contributed by atoms with Crippen LogP contribution in [0.15, 0.2) is 91.0 Å². The third-order valence-electron chi connectivity index (χ3n) is 6.18. The SMILES string of the molecule is CC[C@@H](O)C(C[C@@H](C)N(C)Cc1ccccc1)(c1ccccc1)c1ccccc1. The Morgan fingerprint density at radius 3 is 1.69 bits per heavy atom. The van der Waals surface area contributed by atoms with E-state index in [0.29, 0.717) is 6.42 Å². The number of aliphatic hydroxyl groups excluding tert-OH is 1. The standard InChI is InChI=1S/C27H33NO/c1-4-26(29)27(24-16-10-6-11-17-24,25-18-12-7-13-19-25)20-22(2)28(3)21-23-14-8-5-9-15-23/h5-19,22,26,29H,4,20-21H2,1-3H3/t22-,26-/m1/s1. The highest BCUT2D eigenvalue weighted by Crippen LogP contribution is 2.42. The molecule has 1 N–H and O–H groups in total. The maximum absolute atomic E-state index is 11.4. The molecule has 3 aromatic carbocycles. The van der Waals surface area contributed by atoms with Crippen LogP contribution in [0.4, 0.5) is 0 Å². The van der Waals surface area contributed by atoms with Gasteiger partial charge in [0.25, 0.3) is 0 Å². The van der Waals surface area contributed by atoms with E-state index in [4.69, 9.17) is 0 Å². The molecule has 0 fully saturated rings. The summed E-state index contributed by atoms with van der Waals surface area (Å²) in [6, 6.07) is 31.9. The molecule has 2 atom stereocenters. The quantitative estimate of drug-likeness (QED) is 0.512. The molecule has 0 spiro atoms. The van der Waals surface area contributed by atoms with Crippen LogP contribution in [0.25, 0.3) is 0 Å². The molecule has 0 radical (unpaired) electrons. The van der Waals surface area contributed by atoms with Gasteiger partial charge in [-0.15, -0.1) is 0 Å². The van der Waals surface area contributed by atoms with Gasteiger partial charge in [-0.1, -0.05) is 97.9 Å². The van der Waals surface area contributed by atoms with Crippen molar-refractivity contribution in [2.45, 2.75) is 50.8 Å². The molecule has 0 amide bonds. The third kappa shape index (κ3) is 4.77. The number of aliphatic hydroxyl groups is 1. The number of nitrogens with zero attached hydrogens (tertiary/aromatic N) is 1. The largest absolute Gasteiger partial charge is 0.392 e. The summed E-state index contributed by atoms with van der Waals surface area (Å²) >= 11 is 0. The fourth-order valence-corrected chi connectivity index (χ4v) is 4.39. The van der Waals surface area contributed by atoms with Gasteiger partial charge < -0.3 is 5.11 Å². The Bertz CT molecular complexity index is 808. The van der Waals surface area contributed by atoms with E-state index >= 15 is 0 Å². The molecule has 0 saturated carbocycles. The van der Waals surface area contributed by atoms with E-state index in [1.165, 1.54) is 16.7 Å². The maximum Gasteiger partial charge on any atom is 0.0675 e. The molecular weight excluding hydrogens is 354 g/mol. The van der Waals surface area contributed by atoms with Crippen molar-refractivity contribution in [3.05, 3.63) is 108 Å². The van der Waals surface area contributed by atoms with Gasteiger partial charge >= 0.3 is 0 Å². The first kappa shape index (κ1) is 21.3. The Morgan fingerprint density at radius 1 is 0.793 bits per heavy atom. The Morgan fingerprint density at radius 2 is 1.24 bits per heavy atom. The van der Waals surface area contributed by atoms with Crippen LogP contribution in [0.3, 0.4) is 0 Å². The zero-order chi connectivity index (χ0) is 20.7. The van der Waals surface area contributed by atoms with E-state index in [1.807, 2.05) is 12.1 Å². The molecule has 3 aromatic rings. The highest BCUT2D eigenvalue weighted by molar-refractivity contribution is 5.41. The van der Waals surface area contributed by atoms with Gasteiger partial charge in [-0.2, -0.15) is 0 Å². The van der Waals surface area contributed by atoms with E-state index < -0.39 is 11.5 Å². The van der Waals surface area contributed by atoms with Crippen LogP contribution in [-0.4, -0.2) is 29.2 Å². The first-order chi connectivity index (χ1) is 14.1. The van der Waals surface area contributed by atoms with E-state index in [9.17, 15) is 5.11 Å². The molecule has 29 heavy (non-hydrogen) atoms. The van der Waals surface area contributed by atoms with Crippen molar-refractivity contribution in [2.24, 2.45) is 0 Å². The second kappa shape index (κ2) is 9.87. The van der Waals surface area contributed by atoms with Crippen molar-refractivity contribution in [2.75, 3.05) is 7.05 Å². The molecule has 0 aromatic heterocycles. The van der Waals surface area contributed by atoms with Crippen LogP contribution in [0, 0.1) is 0 Å². The lowest BCUT2D eigenvalue weighted by molar-refractivity contribution is 0.0728. The van der Waals surface area contributed by atoms with E-state index in [2.05, 4.69) is 105 Å². The molecule has 0 saturated heterocycles. The average Bonchev–Trinajstić information content (AvgIpc) is 2.78. The lowest BCUT2D eigenvalue weighted by Gasteiger charge is -2.43. The Labute approximate surface area is 175 Å². The predicted molar refractivity (Wildman–Crippen MR) is 122 cm³/mol. The zero-order valence-corrected chi connectivity index (χ0v) is 17.8. The molecule has 0 heterocycles. The summed E-state index contributed by atoms with van der Waals surface area (Å²) in [6.07, 6.45) is 1.10. The normalized spacial score (nSPS) is 14.0. The van der Waals surface area contributed by atoms with Gasteiger partial charge in [-0.3, -0.25) is 4.90 Å². The fourth-order valence-electron chi connectivity index (χ4n) is 4.39. The van der Waals surface area contributed by atoms with Gasteiger partial charge in [-0.25, -0.2) is 0 Å². The van der Waals surface area contributed by atoms with Crippen molar-refractivity contribution in [3.8, 4) is 0 Å². The maximum atomic E-state index is 11.4. The first-order valence-electron chi connectivity index (χ1n) is 10.6. The number of hydrogen-bond acceptors (Lipinski definition) is 2. The molecule has 0 bridgehead atoms. The minimum atomic E-state index is -0.458. The van der Waals surface area contributed by atoms with Crippen molar-refractivity contribution in [1.29, 1.82) is 0 Å². The molecule has 0 unspecified atom stereocenters. The minimum absolute atomic E-state index is 0.289. The van der Waals surface area contributed by atoms with Crippen LogP contribution in [0.2, 0.25) is 0 Å². The molecule has 3 rings (SSSR count). The number of rotatable bonds is 9. The van der Waals surface area contributed by atoms with E-state index in [-0.39, 0.29) is 6.04 Å². The summed E-state index contributed by atoms with van der Waals surface area (Å²) in [5.74, 6) is 0. The van der Waals surface area contributed by atoms with Crippen molar-refractivity contribution in [3.63, 3.8) is 0 Å². The second-order valence-electron chi connectivity index (χ2n) is 8.08. The highest BCUT2D eigenvalue weighted by atomic mass is 16.3. The predicted octanol–water partition coefficient (Wildman–Crippen LogP) is 5.65. The van der Waals surface area contributed by atoms with Crippen LogP contribution in [0.5, 0.6) is 0 Å². The van der Waals surface area contributed by atoms with Crippen molar-refractivity contribution in [1.82, 2.24) is 4.90 Å². The van der Waals surface area contributed by atoms with Crippen molar-refractivity contribution < 1.29 is 5.11 Å². The Hall–Kier alpha value is -2.42. The summed E-state index contributed by atoms with van der Waals surface area (Å²) in [5.41, 5.74) is 3.23. The minimum Gasteiger partial charge on any atom is -0.392 e. The van der Waals surface area contributed by atoms with Crippen LogP contribution in [0.1, 0.15) is 43.4 Å². The highest BCUT2D eigenvalue weighted by Gasteiger charge is 2.42. The molecule has 2 heteroatoms. The number of benzene rings is 3. The lowest BCUT2D eigenvalue weighted by Crippen LogP contribution is -2.46. The molecule has 0 aliphatic heterocycles. The first-order valence-corrected chi connectivity index (χ1v) is 10.6. The Balaban J connectivity index is 1.98. The molecular formula is C27H33NO. The van der Waals surface area contributed by atoms with Crippen molar-refractivity contribution >= 4 is 0 Å². The van der Waals surface area contributed by atoms with Gasteiger partial charge in [0.15, 0.2) is 0 Å².